The van der Waals surface area contributed by atoms with E-state index in [2.05, 4.69) is 9.98 Å². The molecule has 166 valence electrons. The lowest BCUT2D eigenvalue weighted by Gasteiger charge is -2.24. The van der Waals surface area contributed by atoms with Crippen molar-refractivity contribution in [3.63, 3.8) is 0 Å². The van der Waals surface area contributed by atoms with E-state index in [1.165, 1.54) is 18.4 Å². The summed E-state index contributed by atoms with van der Waals surface area (Å²) >= 11 is 2.96. The zero-order valence-electron chi connectivity index (χ0n) is 18.3. The summed E-state index contributed by atoms with van der Waals surface area (Å²) in [7, 11) is 1.35. The molecule has 0 amide bonds. The third-order valence-corrected chi connectivity index (χ3v) is 7.49. The van der Waals surface area contributed by atoms with Gasteiger partial charge in [0, 0.05) is 27.6 Å². The van der Waals surface area contributed by atoms with Gasteiger partial charge < -0.3 is 9.72 Å². The van der Waals surface area contributed by atoms with Crippen LogP contribution >= 0.6 is 23.1 Å². The van der Waals surface area contributed by atoms with Gasteiger partial charge in [-0.15, -0.1) is 11.8 Å². The van der Waals surface area contributed by atoms with Crippen LogP contribution in [0.5, 0.6) is 0 Å². The molecule has 6 nitrogen and oxygen atoms in total. The average molecular weight is 476 g/mol. The molecule has 1 aliphatic heterocycles. The molecule has 0 saturated carbocycles. The molecule has 2 aromatic carbocycles. The molecular weight excluding hydrogens is 454 g/mol. The number of methoxy groups -OCH3 is 1. The topological polar surface area (TPSA) is 76.4 Å². The van der Waals surface area contributed by atoms with Gasteiger partial charge in [0.05, 0.1) is 29.0 Å². The molecule has 1 N–H and O–H groups in total. The Bertz CT molecular complexity index is 1590. The van der Waals surface area contributed by atoms with Gasteiger partial charge in [-0.3, -0.25) is 9.36 Å². The lowest BCUT2D eigenvalue weighted by atomic mass is 9.96. The minimum absolute atomic E-state index is 0.183. The van der Waals surface area contributed by atoms with Crippen LogP contribution in [0, 0.1) is 0 Å². The summed E-state index contributed by atoms with van der Waals surface area (Å²) in [6.45, 7) is 1.78. The average Bonchev–Trinajstić information content (AvgIpc) is 3.38. The molecule has 4 aromatic rings. The number of H-pyrrole nitrogens is 1. The highest BCUT2D eigenvalue weighted by atomic mass is 32.2. The first-order valence-corrected chi connectivity index (χ1v) is 12.4. The maximum Gasteiger partial charge on any atom is 0.338 e. The largest absolute Gasteiger partial charge is 0.466 e. The van der Waals surface area contributed by atoms with E-state index in [9.17, 15) is 9.59 Å². The molecule has 1 atom stereocenters. The Kier molecular flexibility index (Phi) is 5.55. The van der Waals surface area contributed by atoms with Gasteiger partial charge in [-0.2, -0.15) is 0 Å². The first-order valence-electron chi connectivity index (χ1n) is 10.3. The van der Waals surface area contributed by atoms with Crippen molar-refractivity contribution in [3.8, 4) is 0 Å². The molecule has 0 spiro atoms. The Morgan fingerprint density at radius 2 is 1.97 bits per heavy atom. The molecule has 2 aromatic heterocycles. The van der Waals surface area contributed by atoms with Gasteiger partial charge in [-0.25, -0.2) is 9.79 Å². The van der Waals surface area contributed by atoms with Gasteiger partial charge in [-0.05, 0) is 43.0 Å². The number of allylic oxidation sites excluding steroid dienone is 1. The predicted octanol–water partition coefficient (Wildman–Crippen LogP) is 3.61. The van der Waals surface area contributed by atoms with E-state index in [0.29, 0.717) is 20.6 Å². The Labute approximate surface area is 197 Å². The van der Waals surface area contributed by atoms with E-state index >= 15 is 0 Å². The fraction of sp³-hybridized carbons (Fsp3) is 0.160. The summed E-state index contributed by atoms with van der Waals surface area (Å²) < 4.78 is 7.24. The molecule has 1 unspecified atom stereocenters. The van der Waals surface area contributed by atoms with Crippen molar-refractivity contribution in [2.24, 2.45) is 4.99 Å². The van der Waals surface area contributed by atoms with Crippen LogP contribution in [0.4, 0.5) is 0 Å². The number of nitrogens with zero attached hydrogens (tertiary/aromatic N) is 2. The third-order valence-electron chi connectivity index (χ3n) is 5.77. The highest BCUT2D eigenvalue weighted by Gasteiger charge is 2.33. The van der Waals surface area contributed by atoms with Crippen LogP contribution in [0.2, 0.25) is 0 Å². The minimum Gasteiger partial charge on any atom is -0.466 e. The normalized spacial score (nSPS) is 16.1. The molecular formula is C25H21N3O3S2. The van der Waals surface area contributed by atoms with Crippen LogP contribution in [0.25, 0.3) is 17.0 Å². The number of aromatic amines is 1. The summed E-state index contributed by atoms with van der Waals surface area (Å²) in [5.74, 6) is -0.485. The number of carbonyl (C=O) groups excluding carboxylic acids is 1. The van der Waals surface area contributed by atoms with Crippen molar-refractivity contribution in [2.45, 2.75) is 17.9 Å². The quantitative estimate of drug-likeness (QED) is 0.361. The number of benzene rings is 2. The summed E-state index contributed by atoms with van der Waals surface area (Å²) in [6, 6.07) is 15.2. The first kappa shape index (κ1) is 21.5. The number of nitrogens with one attached hydrogen (secondary N) is 1. The molecule has 33 heavy (non-hydrogen) atoms. The van der Waals surface area contributed by atoms with Crippen molar-refractivity contribution < 1.29 is 9.53 Å². The number of thioether (sulfide) groups is 1. The molecule has 0 bridgehead atoms. The Balaban J connectivity index is 1.74. The highest BCUT2D eigenvalue weighted by Crippen LogP contribution is 2.31. The van der Waals surface area contributed by atoms with Gasteiger partial charge in [-0.1, -0.05) is 41.7 Å². The Hall–Kier alpha value is -3.36. The standard InChI is InChI=1S/C25H21N3O3S2/c1-14-21(24(30)31-2)22(15-8-10-17(32-3)11-9-15)28-23(29)20(33-25(28)27-14)12-16-13-26-19-7-5-4-6-18(16)19/h4-13,22,26H,1-3H3. The van der Waals surface area contributed by atoms with Gasteiger partial charge in [0.15, 0.2) is 4.80 Å². The molecule has 1 aliphatic rings. The van der Waals surface area contributed by atoms with Crippen LogP contribution in [-0.2, 0) is 9.53 Å². The number of esters is 1. The lowest BCUT2D eigenvalue weighted by molar-refractivity contribution is -0.136. The van der Waals surface area contributed by atoms with Crippen LogP contribution in [0.15, 0.2) is 80.7 Å². The van der Waals surface area contributed by atoms with Crippen molar-refractivity contribution >= 4 is 46.0 Å². The van der Waals surface area contributed by atoms with E-state index in [1.54, 1.807) is 23.3 Å². The summed E-state index contributed by atoms with van der Waals surface area (Å²) in [5.41, 5.74) is 3.52. The minimum atomic E-state index is -0.602. The number of hydrogen-bond donors (Lipinski definition) is 1. The van der Waals surface area contributed by atoms with E-state index in [4.69, 9.17) is 4.74 Å². The van der Waals surface area contributed by atoms with Crippen molar-refractivity contribution in [1.82, 2.24) is 9.55 Å². The fourth-order valence-corrected chi connectivity index (χ4v) is 5.59. The van der Waals surface area contributed by atoms with E-state index in [0.717, 1.165) is 26.9 Å². The summed E-state index contributed by atoms with van der Waals surface area (Å²) in [5, 5.41) is 1.04. The highest BCUT2D eigenvalue weighted by molar-refractivity contribution is 7.98. The second-order valence-corrected chi connectivity index (χ2v) is 9.52. The maximum atomic E-state index is 13.6. The number of para-hydroxylation sites is 1. The van der Waals surface area contributed by atoms with Crippen LogP contribution < -0.4 is 14.9 Å². The van der Waals surface area contributed by atoms with Crippen LogP contribution in [0.3, 0.4) is 0 Å². The number of thiazole rings is 1. The van der Waals surface area contributed by atoms with E-state index in [1.807, 2.05) is 67.1 Å². The Morgan fingerprint density at radius 3 is 2.70 bits per heavy atom. The molecule has 0 saturated heterocycles. The number of carbonyl (C=O) groups is 1. The molecule has 3 heterocycles. The number of rotatable bonds is 4. The number of fused-ring (bicyclic) bond motifs is 2. The SMILES string of the molecule is COC(=O)C1=C(C)N=c2sc(=Cc3c[nH]c4ccccc34)c(=O)n2C1c1ccc(SC)cc1. The zero-order chi connectivity index (χ0) is 23.1. The maximum absolute atomic E-state index is 13.6. The monoisotopic (exact) mass is 475 g/mol. The number of aromatic nitrogens is 2. The van der Waals surface area contributed by atoms with Crippen LogP contribution in [-0.4, -0.2) is 28.9 Å². The fourth-order valence-electron chi connectivity index (χ4n) is 4.15. The number of ether oxygens (including phenoxy) is 1. The molecule has 5 rings (SSSR count). The lowest BCUT2D eigenvalue weighted by Crippen LogP contribution is -2.39. The Morgan fingerprint density at radius 1 is 1.21 bits per heavy atom. The first-order chi connectivity index (χ1) is 16.0. The van der Waals surface area contributed by atoms with Gasteiger partial charge >= 0.3 is 5.97 Å². The molecule has 8 heteroatoms. The van der Waals surface area contributed by atoms with Crippen LogP contribution in [0.1, 0.15) is 24.1 Å². The van der Waals surface area contributed by atoms with Gasteiger partial charge in [0.2, 0.25) is 0 Å². The summed E-state index contributed by atoms with van der Waals surface area (Å²) in [6.07, 6.45) is 5.78. The molecule has 0 radical (unpaired) electrons. The van der Waals surface area contributed by atoms with Crippen molar-refractivity contribution in [2.75, 3.05) is 13.4 Å². The van der Waals surface area contributed by atoms with E-state index in [-0.39, 0.29) is 5.56 Å². The van der Waals surface area contributed by atoms with Gasteiger partial charge in [0.1, 0.15) is 0 Å². The molecule has 0 fully saturated rings. The smallest absolute Gasteiger partial charge is 0.338 e. The van der Waals surface area contributed by atoms with Crippen molar-refractivity contribution in [1.29, 1.82) is 0 Å². The summed E-state index contributed by atoms with van der Waals surface area (Å²) in [4.78, 5) is 35.9. The van der Waals surface area contributed by atoms with E-state index < -0.39 is 12.0 Å². The zero-order valence-corrected chi connectivity index (χ0v) is 19.9. The third kappa shape index (κ3) is 3.65. The second kappa shape index (κ2) is 8.53. The van der Waals surface area contributed by atoms with Crippen molar-refractivity contribution in [3.05, 3.63) is 96.8 Å². The predicted molar refractivity (Wildman–Crippen MR) is 132 cm³/mol. The molecule has 0 aliphatic carbocycles. The number of hydrogen-bond acceptors (Lipinski definition) is 6. The second-order valence-electron chi connectivity index (χ2n) is 7.64. The van der Waals surface area contributed by atoms with Gasteiger partial charge in [0.25, 0.3) is 5.56 Å².